The van der Waals surface area contributed by atoms with Crippen molar-refractivity contribution in [3.63, 3.8) is 0 Å². The molecule has 0 bridgehead atoms. The molecule has 0 aliphatic carbocycles. The number of aryl methyl sites for hydroxylation is 1. The fraction of sp³-hybridized carbons (Fsp3) is 0.158. The Morgan fingerprint density at radius 1 is 1.08 bits per heavy atom. The Kier molecular flexibility index (Phi) is 4.53. The van der Waals surface area contributed by atoms with Crippen molar-refractivity contribution >= 4 is 5.97 Å². The quantitative estimate of drug-likeness (QED) is 0.690. The number of ether oxygens (including phenoxy) is 2. The van der Waals surface area contributed by atoms with Gasteiger partial charge in [-0.2, -0.15) is 0 Å². The normalized spacial score (nSPS) is 10.6. The average molecular weight is 355 g/mol. The van der Waals surface area contributed by atoms with Gasteiger partial charge in [-0.15, -0.1) is 0 Å². The number of phenols is 2. The minimum atomic E-state index is -0.731. The average Bonchev–Trinajstić information content (AvgIpc) is 3.02. The number of carbonyl (C=O) groups excluding carboxylic acids is 1. The zero-order valence-corrected chi connectivity index (χ0v) is 14.4. The van der Waals surface area contributed by atoms with Crippen molar-refractivity contribution in [3.05, 3.63) is 47.7 Å². The molecule has 3 rings (SSSR count). The molecule has 0 unspecified atom stereocenters. The summed E-state index contributed by atoms with van der Waals surface area (Å²) in [7, 11) is 2.78. The van der Waals surface area contributed by atoms with E-state index in [9.17, 15) is 15.0 Å². The highest BCUT2D eigenvalue weighted by Gasteiger charge is 2.23. The van der Waals surface area contributed by atoms with Crippen LogP contribution in [0.25, 0.3) is 22.5 Å². The van der Waals surface area contributed by atoms with Crippen LogP contribution in [0.4, 0.5) is 0 Å². The van der Waals surface area contributed by atoms with Crippen molar-refractivity contribution in [2.75, 3.05) is 14.2 Å². The molecule has 0 saturated carbocycles. The first-order valence-electron chi connectivity index (χ1n) is 7.71. The molecule has 2 aromatic carbocycles. The zero-order valence-electron chi connectivity index (χ0n) is 14.4. The van der Waals surface area contributed by atoms with Gasteiger partial charge in [-0.1, -0.05) is 17.3 Å². The molecular formula is C19H17NO6. The second-order valence-corrected chi connectivity index (χ2v) is 5.58. The van der Waals surface area contributed by atoms with Gasteiger partial charge in [-0.25, -0.2) is 4.79 Å². The summed E-state index contributed by atoms with van der Waals surface area (Å²) in [4.78, 5) is 11.8. The lowest BCUT2D eigenvalue weighted by Crippen LogP contribution is -2.02. The molecule has 0 spiro atoms. The van der Waals surface area contributed by atoms with E-state index in [1.165, 1.54) is 13.2 Å². The van der Waals surface area contributed by atoms with Crippen LogP contribution in [0.5, 0.6) is 17.2 Å². The highest BCUT2D eigenvalue weighted by atomic mass is 16.5. The Balaban J connectivity index is 2.18. The van der Waals surface area contributed by atoms with Gasteiger partial charge < -0.3 is 24.2 Å². The molecule has 2 N–H and O–H groups in total. The third-order valence-corrected chi connectivity index (χ3v) is 4.01. The van der Waals surface area contributed by atoms with Crippen molar-refractivity contribution in [1.82, 2.24) is 5.16 Å². The minimum absolute atomic E-state index is 0.0879. The number of benzene rings is 2. The lowest BCUT2D eigenvalue weighted by Gasteiger charge is -2.09. The molecule has 26 heavy (non-hydrogen) atoms. The van der Waals surface area contributed by atoms with Gasteiger partial charge in [0.15, 0.2) is 5.76 Å². The third kappa shape index (κ3) is 2.95. The molecule has 0 aliphatic rings. The van der Waals surface area contributed by atoms with Crippen LogP contribution in [0.3, 0.4) is 0 Å². The summed E-state index contributed by atoms with van der Waals surface area (Å²) in [6.45, 7) is 1.77. The predicted molar refractivity (Wildman–Crippen MR) is 93.3 cm³/mol. The lowest BCUT2D eigenvalue weighted by molar-refractivity contribution is 0.0597. The van der Waals surface area contributed by atoms with Crippen molar-refractivity contribution in [1.29, 1.82) is 0 Å². The topological polar surface area (TPSA) is 102 Å². The predicted octanol–water partition coefficient (Wildman–Crippen LogP) is 3.52. The summed E-state index contributed by atoms with van der Waals surface area (Å²) in [5.74, 6) is -0.396. The Hall–Kier alpha value is -3.48. The van der Waals surface area contributed by atoms with E-state index in [1.54, 1.807) is 26.2 Å². The van der Waals surface area contributed by atoms with E-state index in [2.05, 4.69) is 9.89 Å². The molecule has 7 heteroatoms. The Labute approximate surface area is 149 Å². The van der Waals surface area contributed by atoms with E-state index in [1.807, 2.05) is 12.1 Å². The van der Waals surface area contributed by atoms with Gasteiger partial charge >= 0.3 is 5.97 Å². The highest BCUT2D eigenvalue weighted by molar-refractivity contribution is 5.96. The number of methoxy groups -OCH3 is 2. The van der Waals surface area contributed by atoms with Gasteiger partial charge in [0.1, 0.15) is 22.8 Å². The Morgan fingerprint density at radius 2 is 1.77 bits per heavy atom. The van der Waals surface area contributed by atoms with Crippen LogP contribution in [0, 0.1) is 6.92 Å². The van der Waals surface area contributed by atoms with Crippen LogP contribution < -0.4 is 4.74 Å². The first kappa shape index (κ1) is 17.3. The number of nitrogens with zero attached hydrogens (tertiary/aromatic N) is 1. The lowest BCUT2D eigenvalue weighted by atomic mass is 9.97. The Bertz CT molecular complexity index is 959. The van der Waals surface area contributed by atoms with E-state index in [0.29, 0.717) is 17.0 Å². The third-order valence-electron chi connectivity index (χ3n) is 4.01. The van der Waals surface area contributed by atoms with E-state index >= 15 is 0 Å². The number of carbonyl (C=O) groups is 1. The molecule has 7 nitrogen and oxygen atoms in total. The molecule has 0 amide bonds. The molecule has 1 aromatic heterocycles. The van der Waals surface area contributed by atoms with Crippen molar-refractivity contribution in [2.24, 2.45) is 0 Å². The Morgan fingerprint density at radius 3 is 2.38 bits per heavy atom. The molecule has 0 radical (unpaired) electrons. The summed E-state index contributed by atoms with van der Waals surface area (Å²) >= 11 is 0. The maximum absolute atomic E-state index is 11.8. The van der Waals surface area contributed by atoms with Crippen molar-refractivity contribution in [2.45, 2.75) is 6.92 Å². The SMILES string of the molecule is COC(=O)c1cc(-c2onc(C)c2-c2ccc(OC)cc2)c(O)cc1O. The molecule has 0 aliphatic heterocycles. The summed E-state index contributed by atoms with van der Waals surface area (Å²) in [5.41, 5.74) is 2.19. The number of hydrogen-bond donors (Lipinski definition) is 2. The van der Waals surface area contributed by atoms with E-state index in [0.717, 1.165) is 11.6 Å². The highest BCUT2D eigenvalue weighted by Crippen LogP contribution is 2.41. The van der Waals surface area contributed by atoms with Gasteiger partial charge in [0.05, 0.1) is 31.0 Å². The summed E-state index contributed by atoms with van der Waals surface area (Å²) in [5, 5.41) is 24.1. The number of aromatic nitrogens is 1. The molecule has 1 heterocycles. The van der Waals surface area contributed by atoms with Gasteiger partial charge in [-0.05, 0) is 30.7 Å². The number of phenolic OH excluding ortho intramolecular Hbond substituents is 2. The molecule has 0 atom stereocenters. The van der Waals surface area contributed by atoms with Crippen LogP contribution >= 0.6 is 0 Å². The second-order valence-electron chi connectivity index (χ2n) is 5.58. The summed E-state index contributed by atoms with van der Waals surface area (Å²) in [6.07, 6.45) is 0. The van der Waals surface area contributed by atoms with E-state index in [-0.39, 0.29) is 28.4 Å². The molecule has 134 valence electrons. The number of hydrogen-bond acceptors (Lipinski definition) is 7. The largest absolute Gasteiger partial charge is 0.507 e. The molecule has 3 aromatic rings. The van der Waals surface area contributed by atoms with Crippen molar-refractivity contribution in [3.8, 4) is 39.7 Å². The van der Waals surface area contributed by atoms with Gasteiger partial charge in [0.2, 0.25) is 0 Å². The molecule has 0 saturated heterocycles. The fourth-order valence-electron chi connectivity index (χ4n) is 2.68. The van der Waals surface area contributed by atoms with E-state index in [4.69, 9.17) is 9.26 Å². The number of esters is 1. The molecular weight excluding hydrogens is 338 g/mol. The molecule has 0 fully saturated rings. The van der Waals surface area contributed by atoms with Crippen LogP contribution in [-0.4, -0.2) is 35.6 Å². The van der Waals surface area contributed by atoms with Crippen LogP contribution in [-0.2, 0) is 4.74 Å². The van der Waals surface area contributed by atoms with Crippen LogP contribution in [0.2, 0.25) is 0 Å². The van der Waals surface area contributed by atoms with Crippen LogP contribution in [0.1, 0.15) is 16.1 Å². The second kappa shape index (κ2) is 6.79. The van der Waals surface area contributed by atoms with Crippen molar-refractivity contribution < 1.29 is 29.0 Å². The first-order chi connectivity index (χ1) is 12.5. The van der Waals surface area contributed by atoms with E-state index < -0.39 is 5.97 Å². The smallest absolute Gasteiger partial charge is 0.341 e. The number of aromatic hydroxyl groups is 2. The fourth-order valence-corrected chi connectivity index (χ4v) is 2.68. The number of rotatable bonds is 4. The van der Waals surface area contributed by atoms with Gasteiger partial charge in [-0.3, -0.25) is 0 Å². The monoisotopic (exact) mass is 355 g/mol. The van der Waals surface area contributed by atoms with Crippen LogP contribution in [0.15, 0.2) is 40.9 Å². The standard InChI is InChI=1S/C19H17NO6/c1-10-17(11-4-6-12(24-2)7-5-11)18(26-20-10)13-8-14(19(23)25-3)16(22)9-15(13)21/h4-9,21-22H,1-3H3. The maximum Gasteiger partial charge on any atom is 0.341 e. The van der Waals surface area contributed by atoms with Gasteiger partial charge in [0.25, 0.3) is 0 Å². The van der Waals surface area contributed by atoms with Gasteiger partial charge in [0, 0.05) is 6.07 Å². The minimum Gasteiger partial charge on any atom is -0.507 e. The first-order valence-corrected chi connectivity index (χ1v) is 7.71. The summed E-state index contributed by atoms with van der Waals surface area (Å²) in [6, 6.07) is 9.63. The zero-order chi connectivity index (χ0) is 18.8. The summed E-state index contributed by atoms with van der Waals surface area (Å²) < 4.78 is 15.2. The maximum atomic E-state index is 11.8.